The fourth-order valence-corrected chi connectivity index (χ4v) is 4.38. The van der Waals surface area contributed by atoms with Crippen LogP contribution in [0.4, 0.5) is 5.00 Å². The number of nitrogens with one attached hydrogen (secondary N) is 1. The van der Waals surface area contributed by atoms with Crippen molar-refractivity contribution in [2.45, 2.75) is 19.3 Å². The SMILES string of the molecule is NC(=O)c1c(NC(=O)COC(=O)C=Cc2ccccc2Cl)sc2c1CCC2. The number of carbonyl (C=O) groups is 3. The molecule has 0 bridgehead atoms. The maximum absolute atomic E-state index is 12.1. The minimum Gasteiger partial charge on any atom is -0.452 e. The number of benzene rings is 1. The zero-order valence-electron chi connectivity index (χ0n) is 14.3. The summed E-state index contributed by atoms with van der Waals surface area (Å²) in [6, 6.07) is 7.02. The molecule has 1 aliphatic rings. The number of thiophene rings is 1. The standard InChI is InChI=1S/C19H17ClN2O4S/c20-13-6-2-1-4-11(13)8-9-16(24)26-10-15(23)22-19-17(18(21)25)12-5-3-7-14(12)27-19/h1-2,4,6,8-9H,3,5,7,10H2,(H2,21,25)(H,22,23). The average molecular weight is 405 g/mol. The van der Waals surface area contributed by atoms with Gasteiger partial charge in [0.1, 0.15) is 5.00 Å². The van der Waals surface area contributed by atoms with Crippen molar-refractivity contribution < 1.29 is 19.1 Å². The zero-order valence-corrected chi connectivity index (χ0v) is 15.9. The molecule has 0 spiro atoms. The molecular formula is C19H17ClN2O4S. The Kier molecular flexibility index (Phi) is 5.93. The van der Waals surface area contributed by atoms with Gasteiger partial charge in [-0.1, -0.05) is 29.8 Å². The third-order valence-electron chi connectivity index (χ3n) is 4.07. The maximum Gasteiger partial charge on any atom is 0.331 e. The first kappa shape index (κ1) is 19.1. The number of rotatable bonds is 6. The van der Waals surface area contributed by atoms with E-state index in [1.807, 2.05) is 0 Å². The van der Waals surface area contributed by atoms with Crippen molar-refractivity contribution in [3.63, 3.8) is 0 Å². The van der Waals surface area contributed by atoms with Gasteiger partial charge in [0.15, 0.2) is 6.61 Å². The summed E-state index contributed by atoms with van der Waals surface area (Å²) in [7, 11) is 0. The average Bonchev–Trinajstić information content (AvgIpc) is 3.19. The van der Waals surface area contributed by atoms with Crippen molar-refractivity contribution in [3.8, 4) is 0 Å². The molecule has 1 heterocycles. The molecule has 0 radical (unpaired) electrons. The summed E-state index contributed by atoms with van der Waals surface area (Å²) >= 11 is 7.34. The van der Waals surface area contributed by atoms with Crippen LogP contribution in [0.25, 0.3) is 6.08 Å². The van der Waals surface area contributed by atoms with Gasteiger partial charge >= 0.3 is 5.97 Å². The van der Waals surface area contributed by atoms with Crippen LogP contribution in [-0.4, -0.2) is 24.4 Å². The Balaban J connectivity index is 1.57. The van der Waals surface area contributed by atoms with Crippen molar-refractivity contribution in [3.05, 3.63) is 56.9 Å². The van der Waals surface area contributed by atoms with Gasteiger partial charge in [-0.05, 0) is 42.5 Å². The Bertz CT molecular complexity index is 936. The monoisotopic (exact) mass is 404 g/mol. The number of esters is 1. The third kappa shape index (κ3) is 4.56. The topological polar surface area (TPSA) is 98.5 Å². The second-order valence-electron chi connectivity index (χ2n) is 5.94. The van der Waals surface area contributed by atoms with Crippen LogP contribution in [-0.2, 0) is 27.2 Å². The van der Waals surface area contributed by atoms with Crippen molar-refractivity contribution in [2.75, 3.05) is 11.9 Å². The number of fused-ring (bicyclic) bond motifs is 1. The van der Waals surface area contributed by atoms with Crippen molar-refractivity contribution >= 4 is 51.8 Å². The number of ether oxygens (including phenoxy) is 1. The molecule has 0 atom stereocenters. The van der Waals surface area contributed by atoms with E-state index in [9.17, 15) is 14.4 Å². The summed E-state index contributed by atoms with van der Waals surface area (Å²) < 4.78 is 4.92. The van der Waals surface area contributed by atoms with Gasteiger partial charge in [0.2, 0.25) is 0 Å². The summed E-state index contributed by atoms with van der Waals surface area (Å²) in [6.07, 6.45) is 5.34. The summed E-state index contributed by atoms with van der Waals surface area (Å²) in [6.45, 7) is -0.466. The second kappa shape index (κ2) is 8.37. The molecule has 2 aromatic rings. The lowest BCUT2D eigenvalue weighted by Crippen LogP contribution is -2.22. The van der Waals surface area contributed by atoms with E-state index in [0.29, 0.717) is 21.2 Å². The molecule has 3 N–H and O–H groups in total. The van der Waals surface area contributed by atoms with Crippen LogP contribution in [0.2, 0.25) is 5.02 Å². The van der Waals surface area contributed by atoms with Crippen LogP contribution in [0.15, 0.2) is 30.3 Å². The minimum atomic E-state index is -0.672. The molecular weight excluding hydrogens is 388 g/mol. The Hall–Kier alpha value is -2.64. The van der Waals surface area contributed by atoms with Gasteiger partial charge in [-0.15, -0.1) is 11.3 Å². The van der Waals surface area contributed by atoms with E-state index in [-0.39, 0.29) is 0 Å². The molecule has 8 heteroatoms. The molecule has 1 aromatic carbocycles. The number of nitrogens with two attached hydrogens (primary N) is 1. The normalized spacial score (nSPS) is 12.8. The first-order chi connectivity index (χ1) is 13.0. The van der Waals surface area contributed by atoms with Crippen LogP contribution >= 0.6 is 22.9 Å². The van der Waals surface area contributed by atoms with E-state index >= 15 is 0 Å². The first-order valence-corrected chi connectivity index (χ1v) is 9.48. The zero-order chi connectivity index (χ0) is 19.4. The molecule has 0 unspecified atom stereocenters. The lowest BCUT2D eigenvalue weighted by atomic mass is 10.1. The smallest absolute Gasteiger partial charge is 0.331 e. The fraction of sp³-hybridized carbons (Fsp3) is 0.211. The Morgan fingerprint density at radius 1 is 1.26 bits per heavy atom. The maximum atomic E-state index is 12.1. The number of halogens is 1. The second-order valence-corrected chi connectivity index (χ2v) is 7.45. The Labute approximate surface area is 165 Å². The van der Waals surface area contributed by atoms with Gasteiger partial charge in [-0.2, -0.15) is 0 Å². The van der Waals surface area contributed by atoms with Crippen LogP contribution in [0, 0.1) is 0 Å². The largest absolute Gasteiger partial charge is 0.452 e. The molecule has 1 aromatic heterocycles. The number of amides is 2. The first-order valence-electron chi connectivity index (χ1n) is 8.29. The summed E-state index contributed by atoms with van der Waals surface area (Å²) in [5, 5.41) is 3.54. The molecule has 0 aliphatic heterocycles. The van der Waals surface area contributed by atoms with Crippen LogP contribution in [0.1, 0.15) is 32.8 Å². The van der Waals surface area contributed by atoms with E-state index in [0.717, 1.165) is 29.7 Å². The number of hydrogen-bond acceptors (Lipinski definition) is 5. The fourth-order valence-electron chi connectivity index (χ4n) is 2.87. The van der Waals surface area contributed by atoms with E-state index in [2.05, 4.69) is 5.32 Å². The molecule has 27 heavy (non-hydrogen) atoms. The van der Waals surface area contributed by atoms with Crippen LogP contribution in [0.3, 0.4) is 0 Å². The van der Waals surface area contributed by atoms with Crippen molar-refractivity contribution in [1.29, 1.82) is 0 Å². The quantitative estimate of drug-likeness (QED) is 0.570. The van der Waals surface area contributed by atoms with Crippen LogP contribution in [0.5, 0.6) is 0 Å². The van der Waals surface area contributed by atoms with E-state index < -0.39 is 24.4 Å². The predicted octanol–water partition coefficient (Wildman–Crippen LogP) is 3.18. The Morgan fingerprint density at radius 2 is 2.04 bits per heavy atom. The summed E-state index contributed by atoms with van der Waals surface area (Å²) in [5.74, 6) is -1.77. The van der Waals surface area contributed by atoms with Gasteiger partial charge < -0.3 is 15.8 Å². The van der Waals surface area contributed by atoms with Gasteiger partial charge in [0.05, 0.1) is 5.56 Å². The highest BCUT2D eigenvalue weighted by Crippen LogP contribution is 2.38. The molecule has 140 valence electrons. The highest BCUT2D eigenvalue weighted by atomic mass is 35.5. The van der Waals surface area contributed by atoms with Gasteiger partial charge in [0.25, 0.3) is 11.8 Å². The molecule has 2 amide bonds. The molecule has 0 saturated carbocycles. The molecule has 3 rings (SSSR count). The molecule has 1 aliphatic carbocycles. The molecule has 0 saturated heterocycles. The van der Waals surface area contributed by atoms with Crippen LogP contribution < -0.4 is 11.1 Å². The number of anilines is 1. The highest BCUT2D eigenvalue weighted by Gasteiger charge is 2.26. The predicted molar refractivity (Wildman–Crippen MR) is 105 cm³/mol. The number of carbonyl (C=O) groups excluding carboxylic acids is 3. The van der Waals surface area contributed by atoms with Gasteiger partial charge in [-0.25, -0.2) is 4.79 Å². The molecule has 6 nitrogen and oxygen atoms in total. The van der Waals surface area contributed by atoms with Crippen molar-refractivity contribution in [1.82, 2.24) is 0 Å². The Morgan fingerprint density at radius 3 is 2.78 bits per heavy atom. The van der Waals surface area contributed by atoms with Gasteiger partial charge in [0, 0.05) is 16.0 Å². The molecule has 0 fully saturated rings. The number of primary amides is 1. The van der Waals surface area contributed by atoms with E-state index in [1.165, 1.54) is 23.5 Å². The number of hydrogen-bond donors (Lipinski definition) is 2. The van der Waals surface area contributed by atoms with Gasteiger partial charge in [-0.3, -0.25) is 9.59 Å². The highest BCUT2D eigenvalue weighted by molar-refractivity contribution is 7.17. The third-order valence-corrected chi connectivity index (χ3v) is 5.62. The summed E-state index contributed by atoms with van der Waals surface area (Å²) in [5.41, 5.74) is 7.40. The lowest BCUT2D eigenvalue weighted by Gasteiger charge is -2.06. The minimum absolute atomic E-state index is 0.366. The van der Waals surface area contributed by atoms with E-state index in [1.54, 1.807) is 24.3 Å². The lowest BCUT2D eigenvalue weighted by molar-refractivity contribution is -0.142. The van der Waals surface area contributed by atoms with Crippen molar-refractivity contribution in [2.24, 2.45) is 5.73 Å². The van der Waals surface area contributed by atoms with E-state index in [4.69, 9.17) is 22.1 Å². The number of aryl methyl sites for hydroxylation is 1. The summed E-state index contributed by atoms with van der Waals surface area (Å²) in [4.78, 5) is 36.6.